The monoisotopic (exact) mass is 332 g/mol. The van der Waals surface area contributed by atoms with Crippen molar-refractivity contribution in [3.63, 3.8) is 0 Å². The first kappa shape index (κ1) is 17.0. The fraction of sp³-hybridized carbons (Fsp3) is 0.722. The van der Waals surface area contributed by atoms with Crippen molar-refractivity contribution in [3.05, 3.63) is 17.5 Å². The molecule has 1 aromatic heterocycles. The van der Waals surface area contributed by atoms with Crippen molar-refractivity contribution in [2.45, 2.75) is 76.9 Å². The van der Waals surface area contributed by atoms with Crippen molar-refractivity contribution in [1.82, 2.24) is 20.0 Å². The Morgan fingerprint density at radius 2 is 2.00 bits per heavy atom. The maximum absolute atomic E-state index is 13.0. The van der Waals surface area contributed by atoms with Gasteiger partial charge in [0, 0.05) is 13.1 Å². The molecule has 2 aliphatic rings. The normalized spacial score (nSPS) is 25.3. The van der Waals surface area contributed by atoms with Gasteiger partial charge in [-0.15, -0.1) is 0 Å². The van der Waals surface area contributed by atoms with Crippen molar-refractivity contribution in [2.75, 3.05) is 7.05 Å². The van der Waals surface area contributed by atoms with E-state index in [1.807, 2.05) is 19.9 Å². The largest absolute Gasteiger partial charge is 0.351 e. The van der Waals surface area contributed by atoms with Crippen LogP contribution in [-0.2, 0) is 17.8 Å². The number of hydrogen-bond acceptors (Lipinski definition) is 3. The van der Waals surface area contributed by atoms with E-state index in [2.05, 4.69) is 10.4 Å². The molecular weight excluding hydrogens is 304 g/mol. The van der Waals surface area contributed by atoms with Crippen molar-refractivity contribution in [3.8, 4) is 0 Å². The summed E-state index contributed by atoms with van der Waals surface area (Å²) in [5, 5.41) is 7.68. The number of nitrogens with zero attached hydrogens (tertiary/aromatic N) is 3. The molecule has 6 heteroatoms. The first-order valence-electron chi connectivity index (χ1n) is 9.11. The van der Waals surface area contributed by atoms with Gasteiger partial charge in [0.2, 0.25) is 5.91 Å². The van der Waals surface area contributed by atoms with Crippen LogP contribution in [-0.4, -0.2) is 45.1 Å². The molecule has 1 saturated carbocycles. The molecule has 1 aliphatic carbocycles. The Balaban J connectivity index is 1.80. The first-order valence-corrected chi connectivity index (χ1v) is 9.11. The SMILES string of the molecule is CCc1cc2n(n1)CC(C)(C(=O)NC1CCCCCC1)N(C)C2=O. The van der Waals surface area contributed by atoms with E-state index >= 15 is 0 Å². The third-order valence-corrected chi connectivity index (χ3v) is 5.59. The van der Waals surface area contributed by atoms with Crippen molar-refractivity contribution >= 4 is 11.8 Å². The van der Waals surface area contributed by atoms with Gasteiger partial charge in [0.05, 0.1) is 12.2 Å². The summed E-state index contributed by atoms with van der Waals surface area (Å²) in [7, 11) is 1.72. The van der Waals surface area contributed by atoms with E-state index in [-0.39, 0.29) is 17.9 Å². The zero-order valence-electron chi connectivity index (χ0n) is 15.0. The van der Waals surface area contributed by atoms with Crippen LogP contribution in [0.1, 0.15) is 68.6 Å². The van der Waals surface area contributed by atoms with Gasteiger partial charge in [0.15, 0.2) is 0 Å². The van der Waals surface area contributed by atoms with Gasteiger partial charge < -0.3 is 10.2 Å². The number of aryl methyl sites for hydroxylation is 1. The molecule has 2 heterocycles. The minimum Gasteiger partial charge on any atom is -0.351 e. The van der Waals surface area contributed by atoms with Gasteiger partial charge in [-0.3, -0.25) is 14.3 Å². The molecule has 132 valence electrons. The minimum absolute atomic E-state index is 0.0653. The van der Waals surface area contributed by atoms with Crippen LogP contribution >= 0.6 is 0 Å². The number of carbonyl (C=O) groups excluding carboxylic acids is 2. The topological polar surface area (TPSA) is 67.2 Å². The summed E-state index contributed by atoms with van der Waals surface area (Å²) < 4.78 is 1.70. The molecule has 0 bridgehead atoms. The van der Waals surface area contributed by atoms with E-state index < -0.39 is 5.54 Å². The van der Waals surface area contributed by atoms with E-state index in [4.69, 9.17) is 0 Å². The number of aromatic nitrogens is 2. The van der Waals surface area contributed by atoms with Gasteiger partial charge in [-0.2, -0.15) is 5.10 Å². The summed E-state index contributed by atoms with van der Waals surface area (Å²) in [6.45, 7) is 4.26. The zero-order valence-corrected chi connectivity index (χ0v) is 15.0. The quantitative estimate of drug-likeness (QED) is 0.862. The maximum atomic E-state index is 13.0. The van der Waals surface area contributed by atoms with E-state index in [1.54, 1.807) is 16.6 Å². The van der Waals surface area contributed by atoms with Gasteiger partial charge >= 0.3 is 0 Å². The summed E-state index contributed by atoms with van der Waals surface area (Å²) in [5.74, 6) is -0.198. The van der Waals surface area contributed by atoms with Crippen molar-refractivity contribution in [1.29, 1.82) is 0 Å². The molecule has 24 heavy (non-hydrogen) atoms. The lowest BCUT2D eigenvalue weighted by Gasteiger charge is -2.41. The molecule has 1 N–H and O–H groups in total. The Labute approximate surface area is 143 Å². The second kappa shape index (κ2) is 6.57. The molecule has 1 fully saturated rings. The fourth-order valence-electron chi connectivity index (χ4n) is 3.72. The van der Waals surface area contributed by atoms with Crippen LogP contribution < -0.4 is 5.32 Å². The summed E-state index contributed by atoms with van der Waals surface area (Å²) in [6.07, 6.45) is 7.68. The average Bonchev–Trinajstić information content (AvgIpc) is 2.80. The van der Waals surface area contributed by atoms with Crippen LogP contribution in [0.3, 0.4) is 0 Å². The summed E-state index contributed by atoms with van der Waals surface area (Å²) in [6, 6.07) is 2.06. The smallest absolute Gasteiger partial charge is 0.272 e. The second-order valence-corrected chi connectivity index (χ2v) is 7.33. The van der Waals surface area contributed by atoms with E-state index in [9.17, 15) is 9.59 Å². The van der Waals surface area contributed by atoms with Gasteiger partial charge in [-0.05, 0) is 32.3 Å². The third kappa shape index (κ3) is 2.94. The highest BCUT2D eigenvalue weighted by Crippen LogP contribution is 2.27. The number of carbonyl (C=O) groups is 2. The number of fused-ring (bicyclic) bond motifs is 1. The zero-order chi connectivity index (χ0) is 17.3. The molecule has 0 saturated heterocycles. The fourth-order valence-corrected chi connectivity index (χ4v) is 3.72. The molecule has 1 aromatic rings. The minimum atomic E-state index is -0.895. The predicted molar refractivity (Wildman–Crippen MR) is 91.7 cm³/mol. The molecule has 6 nitrogen and oxygen atoms in total. The molecule has 2 amide bonds. The first-order chi connectivity index (χ1) is 11.5. The number of likely N-dealkylation sites (N-methyl/N-ethyl adjacent to an activating group) is 1. The lowest BCUT2D eigenvalue weighted by molar-refractivity contribution is -0.133. The summed E-state index contributed by atoms with van der Waals surface area (Å²) in [5.41, 5.74) is 0.571. The molecule has 1 aliphatic heterocycles. The van der Waals surface area contributed by atoms with Gasteiger partial charge in [0.1, 0.15) is 11.2 Å². The van der Waals surface area contributed by atoms with Crippen molar-refractivity contribution in [2.24, 2.45) is 0 Å². The third-order valence-electron chi connectivity index (χ3n) is 5.59. The van der Waals surface area contributed by atoms with Crippen LogP contribution in [0.4, 0.5) is 0 Å². The molecular formula is C18H28N4O2. The molecule has 0 aromatic carbocycles. The van der Waals surface area contributed by atoms with Crippen LogP contribution in [0.5, 0.6) is 0 Å². The van der Waals surface area contributed by atoms with Crippen molar-refractivity contribution < 1.29 is 9.59 Å². The summed E-state index contributed by atoms with van der Waals surface area (Å²) >= 11 is 0. The van der Waals surface area contributed by atoms with E-state index in [1.165, 1.54) is 25.7 Å². The number of nitrogens with one attached hydrogen (secondary N) is 1. The van der Waals surface area contributed by atoms with E-state index in [0.29, 0.717) is 12.2 Å². The van der Waals surface area contributed by atoms with Gasteiger partial charge in [-0.25, -0.2) is 0 Å². The second-order valence-electron chi connectivity index (χ2n) is 7.33. The Morgan fingerprint density at radius 1 is 1.33 bits per heavy atom. The highest BCUT2D eigenvalue weighted by atomic mass is 16.2. The Kier molecular flexibility index (Phi) is 4.65. The average molecular weight is 332 g/mol. The Bertz CT molecular complexity index is 631. The molecule has 1 atom stereocenters. The van der Waals surface area contributed by atoms with Gasteiger partial charge in [-0.1, -0.05) is 32.6 Å². The highest BCUT2D eigenvalue weighted by Gasteiger charge is 2.46. The van der Waals surface area contributed by atoms with E-state index in [0.717, 1.165) is 25.0 Å². The maximum Gasteiger partial charge on any atom is 0.272 e. The molecule has 3 rings (SSSR count). The Hall–Kier alpha value is -1.85. The number of rotatable bonds is 3. The van der Waals surface area contributed by atoms with Crippen LogP contribution in [0, 0.1) is 0 Å². The summed E-state index contributed by atoms with van der Waals surface area (Å²) in [4.78, 5) is 27.3. The standard InChI is InChI=1S/C18H28N4O2/c1-4-13-11-15-16(23)21(3)18(2,12-22(15)20-13)17(24)19-14-9-7-5-6-8-10-14/h11,14H,4-10,12H2,1-3H3,(H,19,24). The number of hydrogen-bond donors (Lipinski definition) is 1. The molecule has 1 unspecified atom stereocenters. The van der Waals surface area contributed by atoms with Crippen LogP contribution in [0.15, 0.2) is 6.07 Å². The molecule has 0 spiro atoms. The van der Waals surface area contributed by atoms with Gasteiger partial charge in [0.25, 0.3) is 5.91 Å². The lowest BCUT2D eigenvalue weighted by Crippen LogP contribution is -2.63. The van der Waals surface area contributed by atoms with Crippen LogP contribution in [0.25, 0.3) is 0 Å². The number of amides is 2. The highest BCUT2D eigenvalue weighted by molar-refractivity contribution is 5.99. The van der Waals surface area contributed by atoms with Crippen LogP contribution in [0.2, 0.25) is 0 Å². The Morgan fingerprint density at radius 3 is 2.62 bits per heavy atom. The predicted octanol–water partition coefficient (Wildman–Crippen LogP) is 2.13. The molecule has 0 radical (unpaired) electrons. The lowest BCUT2D eigenvalue weighted by atomic mass is 9.95.